The van der Waals surface area contributed by atoms with E-state index in [-0.39, 0.29) is 0 Å². The highest BCUT2D eigenvalue weighted by atomic mass is 14.7. The fraction of sp³-hybridized carbons (Fsp3) is 0.615. The molecule has 0 atom stereocenters. The SMILES string of the molecule is CC=C/N=C1/CCC/C1=C(/C)C1CC1. The number of allylic oxidation sites excluding steroid dienone is 3. The lowest BCUT2D eigenvalue weighted by Crippen LogP contribution is -1.97. The first kappa shape index (κ1) is 9.70. The van der Waals surface area contributed by atoms with Crippen molar-refractivity contribution < 1.29 is 0 Å². The molecule has 0 saturated heterocycles. The minimum atomic E-state index is 0.902. The molecule has 1 nitrogen and oxygen atoms in total. The van der Waals surface area contributed by atoms with Gasteiger partial charge in [-0.25, -0.2) is 0 Å². The van der Waals surface area contributed by atoms with E-state index in [1.165, 1.54) is 37.8 Å². The van der Waals surface area contributed by atoms with Gasteiger partial charge in [0.25, 0.3) is 0 Å². The minimum absolute atomic E-state index is 0.902. The third kappa shape index (κ3) is 1.97. The molecule has 0 bridgehead atoms. The molecule has 2 aliphatic rings. The van der Waals surface area contributed by atoms with Crippen molar-refractivity contribution in [2.24, 2.45) is 10.9 Å². The molecule has 0 radical (unpaired) electrons. The number of aliphatic imine (C=N–C) groups is 1. The van der Waals surface area contributed by atoms with Gasteiger partial charge in [0.05, 0.1) is 0 Å². The van der Waals surface area contributed by atoms with Gasteiger partial charge in [-0.15, -0.1) is 0 Å². The summed E-state index contributed by atoms with van der Waals surface area (Å²) in [6.07, 6.45) is 10.5. The number of rotatable bonds is 2. The van der Waals surface area contributed by atoms with Crippen LogP contribution in [-0.4, -0.2) is 5.71 Å². The van der Waals surface area contributed by atoms with E-state index in [0.29, 0.717) is 0 Å². The predicted molar refractivity (Wildman–Crippen MR) is 61.5 cm³/mol. The van der Waals surface area contributed by atoms with Crippen molar-refractivity contribution in [2.45, 2.75) is 46.0 Å². The van der Waals surface area contributed by atoms with Gasteiger partial charge in [-0.3, -0.25) is 4.99 Å². The molecule has 0 aliphatic heterocycles. The third-order valence-corrected chi connectivity index (χ3v) is 3.23. The van der Waals surface area contributed by atoms with Gasteiger partial charge in [0.1, 0.15) is 0 Å². The molecular weight excluding hydrogens is 170 g/mol. The van der Waals surface area contributed by atoms with Gasteiger partial charge < -0.3 is 0 Å². The van der Waals surface area contributed by atoms with E-state index in [9.17, 15) is 0 Å². The molecule has 2 aliphatic carbocycles. The van der Waals surface area contributed by atoms with Gasteiger partial charge in [-0.2, -0.15) is 0 Å². The fourth-order valence-corrected chi connectivity index (χ4v) is 2.22. The van der Waals surface area contributed by atoms with Crippen LogP contribution in [0.15, 0.2) is 28.4 Å². The molecule has 0 N–H and O–H groups in total. The van der Waals surface area contributed by atoms with Crippen LogP contribution >= 0.6 is 0 Å². The van der Waals surface area contributed by atoms with E-state index in [4.69, 9.17) is 0 Å². The highest BCUT2D eigenvalue weighted by Gasteiger charge is 2.28. The van der Waals surface area contributed by atoms with Crippen LogP contribution < -0.4 is 0 Å². The van der Waals surface area contributed by atoms with Gasteiger partial charge in [-0.1, -0.05) is 11.6 Å². The van der Waals surface area contributed by atoms with Gasteiger partial charge >= 0.3 is 0 Å². The van der Waals surface area contributed by atoms with Crippen LogP contribution in [0.4, 0.5) is 0 Å². The van der Waals surface area contributed by atoms with E-state index < -0.39 is 0 Å². The van der Waals surface area contributed by atoms with Crippen LogP contribution in [0.3, 0.4) is 0 Å². The quantitative estimate of drug-likeness (QED) is 0.625. The highest BCUT2D eigenvalue weighted by molar-refractivity contribution is 6.03. The Labute approximate surface area is 86.6 Å². The Morgan fingerprint density at radius 3 is 2.79 bits per heavy atom. The Hall–Kier alpha value is -0.850. The highest BCUT2D eigenvalue weighted by Crippen LogP contribution is 2.40. The molecule has 0 aromatic rings. The van der Waals surface area contributed by atoms with E-state index in [0.717, 1.165) is 5.92 Å². The number of hydrogen-bond donors (Lipinski definition) is 0. The zero-order valence-corrected chi connectivity index (χ0v) is 9.21. The molecule has 2 saturated carbocycles. The Morgan fingerprint density at radius 2 is 2.14 bits per heavy atom. The molecule has 0 aromatic heterocycles. The minimum Gasteiger partial charge on any atom is -0.261 e. The van der Waals surface area contributed by atoms with Crippen LogP contribution in [0.1, 0.15) is 46.0 Å². The molecule has 0 spiro atoms. The lowest BCUT2D eigenvalue weighted by atomic mass is 10.0. The third-order valence-electron chi connectivity index (χ3n) is 3.23. The molecule has 0 heterocycles. The largest absolute Gasteiger partial charge is 0.261 e. The molecule has 2 fully saturated rings. The van der Waals surface area contributed by atoms with Crippen molar-refractivity contribution in [3.63, 3.8) is 0 Å². The molecule has 76 valence electrons. The summed E-state index contributed by atoms with van der Waals surface area (Å²) >= 11 is 0. The summed E-state index contributed by atoms with van der Waals surface area (Å²) in [6, 6.07) is 0. The summed E-state index contributed by atoms with van der Waals surface area (Å²) in [5, 5.41) is 0. The molecule has 0 unspecified atom stereocenters. The number of hydrogen-bond acceptors (Lipinski definition) is 1. The molecule has 0 amide bonds. The normalized spacial score (nSPS) is 29.1. The molecule has 14 heavy (non-hydrogen) atoms. The van der Waals surface area contributed by atoms with Crippen molar-refractivity contribution in [3.05, 3.63) is 23.4 Å². The second kappa shape index (κ2) is 4.12. The molecule has 1 heteroatoms. The molecule has 2 rings (SSSR count). The van der Waals surface area contributed by atoms with E-state index >= 15 is 0 Å². The second-order valence-corrected chi connectivity index (χ2v) is 4.35. The maximum Gasteiger partial charge on any atom is 0.0435 e. The summed E-state index contributed by atoms with van der Waals surface area (Å²) in [5.74, 6) is 0.902. The maximum atomic E-state index is 4.53. The van der Waals surface area contributed by atoms with Crippen molar-refractivity contribution in [3.8, 4) is 0 Å². The van der Waals surface area contributed by atoms with Crippen molar-refractivity contribution in [1.82, 2.24) is 0 Å². The second-order valence-electron chi connectivity index (χ2n) is 4.35. The lowest BCUT2D eigenvalue weighted by molar-refractivity contribution is 0.912. The Bertz CT molecular complexity index is 303. The standard InChI is InChI=1S/C13H19N/c1-3-9-14-13-6-4-5-12(13)10(2)11-7-8-11/h3,9,11H,4-8H2,1-2H3/b9-3?,12-10+,14-13-. The predicted octanol–water partition coefficient (Wildman–Crippen LogP) is 3.87. The Morgan fingerprint density at radius 1 is 1.36 bits per heavy atom. The fourth-order valence-electron chi connectivity index (χ4n) is 2.22. The Balaban J connectivity index is 2.21. The van der Waals surface area contributed by atoms with Crippen LogP contribution in [0.2, 0.25) is 0 Å². The van der Waals surface area contributed by atoms with Crippen LogP contribution in [-0.2, 0) is 0 Å². The summed E-state index contributed by atoms with van der Waals surface area (Å²) in [4.78, 5) is 4.53. The summed E-state index contributed by atoms with van der Waals surface area (Å²) < 4.78 is 0. The first-order chi connectivity index (χ1) is 6.83. The van der Waals surface area contributed by atoms with Crippen molar-refractivity contribution in [1.29, 1.82) is 0 Å². The molecular formula is C13H19N. The number of nitrogens with zero attached hydrogens (tertiary/aromatic N) is 1. The summed E-state index contributed by atoms with van der Waals surface area (Å²) in [7, 11) is 0. The summed E-state index contributed by atoms with van der Waals surface area (Å²) in [6.45, 7) is 4.33. The van der Waals surface area contributed by atoms with E-state index in [2.05, 4.69) is 11.9 Å². The monoisotopic (exact) mass is 189 g/mol. The first-order valence-electron chi connectivity index (χ1n) is 5.70. The van der Waals surface area contributed by atoms with Crippen molar-refractivity contribution >= 4 is 5.71 Å². The van der Waals surface area contributed by atoms with Crippen LogP contribution in [0.5, 0.6) is 0 Å². The van der Waals surface area contributed by atoms with Crippen LogP contribution in [0, 0.1) is 5.92 Å². The van der Waals surface area contributed by atoms with Gasteiger partial charge in [0.15, 0.2) is 0 Å². The first-order valence-corrected chi connectivity index (χ1v) is 5.70. The average Bonchev–Trinajstić information content (AvgIpc) is 2.93. The van der Waals surface area contributed by atoms with Crippen LogP contribution in [0.25, 0.3) is 0 Å². The van der Waals surface area contributed by atoms with Gasteiger partial charge in [0.2, 0.25) is 0 Å². The zero-order chi connectivity index (χ0) is 9.97. The Kier molecular flexibility index (Phi) is 2.85. The lowest BCUT2D eigenvalue weighted by Gasteiger charge is -2.04. The van der Waals surface area contributed by atoms with Gasteiger partial charge in [-0.05, 0) is 57.4 Å². The molecule has 0 aromatic carbocycles. The topological polar surface area (TPSA) is 12.4 Å². The van der Waals surface area contributed by atoms with Gasteiger partial charge in [0, 0.05) is 11.9 Å². The smallest absolute Gasteiger partial charge is 0.0435 e. The zero-order valence-electron chi connectivity index (χ0n) is 9.21. The van der Waals surface area contributed by atoms with E-state index in [1.807, 2.05) is 19.2 Å². The maximum absolute atomic E-state index is 4.53. The average molecular weight is 189 g/mol. The van der Waals surface area contributed by atoms with E-state index in [1.54, 1.807) is 11.1 Å². The summed E-state index contributed by atoms with van der Waals surface area (Å²) in [5.41, 5.74) is 4.56. The van der Waals surface area contributed by atoms with Crippen molar-refractivity contribution in [2.75, 3.05) is 0 Å².